The number of benzene rings is 1. The Hall–Kier alpha value is -2.83. The normalized spacial score (nSPS) is 20.7. The first-order valence-corrected chi connectivity index (χ1v) is 11.2. The average molecular weight is 415 g/mol. The van der Waals surface area contributed by atoms with Crippen molar-refractivity contribution in [2.24, 2.45) is 0 Å². The van der Waals surface area contributed by atoms with Crippen molar-refractivity contribution >= 4 is 22.9 Å². The third-order valence-corrected chi connectivity index (χ3v) is 6.89. The van der Waals surface area contributed by atoms with Crippen molar-refractivity contribution in [3.8, 4) is 5.69 Å². The van der Waals surface area contributed by atoms with Crippen molar-refractivity contribution in [3.63, 3.8) is 0 Å². The predicted molar refractivity (Wildman–Crippen MR) is 117 cm³/mol. The Morgan fingerprint density at radius 1 is 1.13 bits per heavy atom. The van der Waals surface area contributed by atoms with Gasteiger partial charge >= 0.3 is 0 Å². The van der Waals surface area contributed by atoms with E-state index in [0.29, 0.717) is 24.8 Å². The number of para-hydroxylation sites is 1. The molecule has 2 fully saturated rings. The molecule has 2 aliphatic carbocycles. The molecule has 0 atom stereocenters. The summed E-state index contributed by atoms with van der Waals surface area (Å²) in [5, 5.41) is 6.14. The highest BCUT2D eigenvalue weighted by atomic mass is 16.7. The van der Waals surface area contributed by atoms with Gasteiger partial charge in [0.15, 0.2) is 17.7 Å². The van der Waals surface area contributed by atoms with E-state index in [1.807, 2.05) is 41.1 Å². The number of pyridine rings is 1. The Morgan fingerprint density at radius 2 is 1.94 bits per heavy atom. The summed E-state index contributed by atoms with van der Waals surface area (Å²) < 4.78 is 13.7. The van der Waals surface area contributed by atoms with Gasteiger partial charge < -0.3 is 9.47 Å². The zero-order chi connectivity index (χ0) is 20.8. The fourth-order valence-corrected chi connectivity index (χ4v) is 5.00. The van der Waals surface area contributed by atoms with Crippen LogP contribution in [0.25, 0.3) is 22.3 Å². The Balaban J connectivity index is 1.55. The van der Waals surface area contributed by atoms with Gasteiger partial charge in [-0.15, -0.1) is 0 Å². The molecular weight excluding hydrogens is 390 g/mol. The Bertz CT molecular complexity index is 1170. The van der Waals surface area contributed by atoms with Crippen LogP contribution in [0.4, 0.5) is 0 Å². The number of allylic oxidation sites excluding steroid dienone is 1. The van der Waals surface area contributed by atoms with Crippen molar-refractivity contribution in [1.82, 2.24) is 14.8 Å². The second kappa shape index (κ2) is 7.39. The molecule has 158 valence electrons. The monoisotopic (exact) mass is 415 g/mol. The maximum absolute atomic E-state index is 11.8. The summed E-state index contributed by atoms with van der Waals surface area (Å²) in [5.41, 5.74) is 5.59. The molecule has 6 rings (SSSR count). The molecule has 31 heavy (non-hydrogen) atoms. The van der Waals surface area contributed by atoms with Crippen LogP contribution in [0.5, 0.6) is 0 Å². The molecule has 0 bridgehead atoms. The first-order chi connectivity index (χ1) is 15.3. The van der Waals surface area contributed by atoms with Gasteiger partial charge in [-0.2, -0.15) is 5.10 Å². The number of aldehydes is 1. The molecule has 0 amide bonds. The minimum absolute atomic E-state index is 0.439. The van der Waals surface area contributed by atoms with E-state index >= 15 is 0 Å². The van der Waals surface area contributed by atoms with Crippen LogP contribution in [-0.2, 0) is 9.47 Å². The molecule has 3 aliphatic rings. The fraction of sp³-hybridized carbons (Fsp3) is 0.400. The summed E-state index contributed by atoms with van der Waals surface area (Å²) in [7, 11) is 0. The second-order valence-electron chi connectivity index (χ2n) is 8.71. The molecule has 1 saturated carbocycles. The lowest BCUT2D eigenvalue weighted by atomic mass is 9.80. The SMILES string of the molecule is O=Cc1cc(C2=CCC3(CC2)OCCO3)c2c(C3CCC3)nn(-c3ccccc3)c2n1. The Kier molecular flexibility index (Phi) is 4.51. The van der Waals surface area contributed by atoms with E-state index in [-0.39, 0.29) is 0 Å². The molecule has 0 N–H and O–H groups in total. The van der Waals surface area contributed by atoms with E-state index in [0.717, 1.165) is 66.4 Å². The Labute approximate surface area is 180 Å². The third kappa shape index (κ3) is 3.13. The summed E-state index contributed by atoms with van der Waals surface area (Å²) in [5.74, 6) is -0.0131. The first-order valence-electron chi connectivity index (χ1n) is 11.2. The highest BCUT2D eigenvalue weighted by Crippen LogP contribution is 2.44. The maximum atomic E-state index is 11.8. The van der Waals surface area contributed by atoms with E-state index in [9.17, 15) is 4.79 Å². The van der Waals surface area contributed by atoms with E-state index in [2.05, 4.69) is 6.08 Å². The predicted octanol–water partition coefficient (Wildman–Crippen LogP) is 4.81. The molecule has 1 spiro atoms. The van der Waals surface area contributed by atoms with Gasteiger partial charge in [0.2, 0.25) is 0 Å². The smallest absolute Gasteiger partial charge is 0.172 e. The zero-order valence-electron chi connectivity index (χ0n) is 17.4. The first kappa shape index (κ1) is 18.9. The fourth-order valence-electron chi connectivity index (χ4n) is 5.00. The standard InChI is InChI=1S/C25H25N3O3/c29-16-19-15-21(17-9-11-25(12-10-17)30-13-14-31-25)22-23(18-5-4-6-18)27-28(24(22)26-19)20-7-2-1-3-8-20/h1-3,7-9,15-16,18H,4-6,10-14H2. The van der Waals surface area contributed by atoms with Crippen LogP contribution < -0.4 is 0 Å². The minimum Gasteiger partial charge on any atom is -0.347 e. The van der Waals surface area contributed by atoms with Gasteiger partial charge in [-0.1, -0.05) is 30.7 Å². The molecule has 2 aromatic heterocycles. The third-order valence-electron chi connectivity index (χ3n) is 6.89. The summed E-state index contributed by atoms with van der Waals surface area (Å²) >= 11 is 0. The lowest BCUT2D eigenvalue weighted by Gasteiger charge is -2.31. The molecule has 6 nitrogen and oxygen atoms in total. The van der Waals surface area contributed by atoms with Crippen LogP contribution in [0.15, 0.2) is 42.5 Å². The largest absolute Gasteiger partial charge is 0.347 e. The maximum Gasteiger partial charge on any atom is 0.172 e. The Morgan fingerprint density at radius 3 is 2.58 bits per heavy atom. The minimum atomic E-state index is -0.464. The van der Waals surface area contributed by atoms with Crippen molar-refractivity contribution in [2.75, 3.05) is 13.2 Å². The van der Waals surface area contributed by atoms with Gasteiger partial charge in [-0.3, -0.25) is 4.79 Å². The van der Waals surface area contributed by atoms with Crippen LogP contribution >= 0.6 is 0 Å². The van der Waals surface area contributed by atoms with Crippen molar-refractivity contribution in [2.45, 2.75) is 50.2 Å². The summed E-state index contributed by atoms with van der Waals surface area (Å²) in [6.45, 7) is 1.32. The van der Waals surface area contributed by atoms with Crippen molar-refractivity contribution < 1.29 is 14.3 Å². The van der Waals surface area contributed by atoms with Crippen molar-refractivity contribution in [3.05, 3.63) is 59.4 Å². The van der Waals surface area contributed by atoms with Crippen LogP contribution in [0.1, 0.15) is 66.2 Å². The second-order valence-corrected chi connectivity index (χ2v) is 8.71. The summed E-state index contributed by atoms with van der Waals surface area (Å²) in [6, 6.07) is 12.0. The topological polar surface area (TPSA) is 66.2 Å². The molecule has 1 aromatic carbocycles. The highest BCUT2D eigenvalue weighted by molar-refractivity contribution is 5.96. The molecule has 0 unspecified atom stereocenters. The average Bonchev–Trinajstić information content (AvgIpc) is 3.38. The van der Waals surface area contributed by atoms with Gasteiger partial charge in [-0.05, 0) is 48.6 Å². The summed E-state index contributed by atoms with van der Waals surface area (Å²) in [6.07, 6.45) is 9.00. The van der Waals surface area contributed by atoms with E-state index in [4.69, 9.17) is 19.6 Å². The van der Waals surface area contributed by atoms with Gasteiger partial charge in [0.1, 0.15) is 5.69 Å². The number of aromatic nitrogens is 3. The number of carbonyl (C=O) groups excluding carboxylic acids is 1. The highest BCUT2D eigenvalue weighted by Gasteiger charge is 2.38. The quantitative estimate of drug-likeness (QED) is 0.572. The van der Waals surface area contributed by atoms with Gasteiger partial charge in [0.05, 0.1) is 30.0 Å². The molecule has 3 aromatic rings. The van der Waals surface area contributed by atoms with Crippen LogP contribution in [0.3, 0.4) is 0 Å². The zero-order valence-corrected chi connectivity index (χ0v) is 17.4. The van der Waals surface area contributed by atoms with Gasteiger partial charge in [-0.25, -0.2) is 9.67 Å². The van der Waals surface area contributed by atoms with Crippen LogP contribution in [0.2, 0.25) is 0 Å². The van der Waals surface area contributed by atoms with Crippen LogP contribution in [-0.4, -0.2) is 40.1 Å². The summed E-state index contributed by atoms with van der Waals surface area (Å²) in [4.78, 5) is 16.5. The number of nitrogens with zero attached hydrogens (tertiary/aromatic N) is 3. The molecule has 1 saturated heterocycles. The number of fused-ring (bicyclic) bond motifs is 1. The lowest BCUT2D eigenvalue weighted by Crippen LogP contribution is -2.31. The number of rotatable bonds is 4. The molecular formula is C25H25N3O3. The molecule has 3 heterocycles. The number of ether oxygens (including phenoxy) is 2. The lowest BCUT2D eigenvalue weighted by molar-refractivity contribution is -0.159. The number of hydrogen-bond donors (Lipinski definition) is 0. The molecule has 1 aliphatic heterocycles. The van der Waals surface area contributed by atoms with E-state index in [1.165, 1.54) is 12.0 Å². The number of hydrogen-bond acceptors (Lipinski definition) is 5. The van der Waals surface area contributed by atoms with Gasteiger partial charge in [0, 0.05) is 18.8 Å². The van der Waals surface area contributed by atoms with Crippen LogP contribution in [0, 0.1) is 0 Å². The van der Waals surface area contributed by atoms with E-state index < -0.39 is 5.79 Å². The van der Waals surface area contributed by atoms with Gasteiger partial charge in [0.25, 0.3) is 0 Å². The van der Waals surface area contributed by atoms with E-state index in [1.54, 1.807) is 0 Å². The number of carbonyl (C=O) groups is 1. The van der Waals surface area contributed by atoms with Crippen molar-refractivity contribution in [1.29, 1.82) is 0 Å². The molecule has 6 heteroatoms. The molecule has 0 radical (unpaired) electrons.